The SMILES string of the molecule is O=C(NC1CCN(CCC2CC2)CC1C(=O)O)c1cc(-c2ccc(F)cc2F)on1. The Hall–Kier alpha value is -2.81. The second-order valence-electron chi connectivity index (χ2n) is 8.05. The van der Waals surface area contributed by atoms with Crippen molar-refractivity contribution in [2.24, 2.45) is 11.8 Å². The van der Waals surface area contributed by atoms with Crippen molar-refractivity contribution in [1.82, 2.24) is 15.4 Å². The minimum absolute atomic E-state index is 0.0117. The van der Waals surface area contributed by atoms with Gasteiger partial charge in [-0.05, 0) is 37.4 Å². The number of carbonyl (C=O) groups is 2. The molecule has 2 N–H and O–H groups in total. The highest BCUT2D eigenvalue weighted by Gasteiger charge is 2.36. The maximum atomic E-state index is 13.9. The van der Waals surface area contributed by atoms with Crippen LogP contribution in [0, 0.1) is 23.5 Å². The van der Waals surface area contributed by atoms with Crippen LogP contribution in [0.3, 0.4) is 0 Å². The fourth-order valence-electron chi connectivity index (χ4n) is 3.86. The Morgan fingerprint density at radius 1 is 1.23 bits per heavy atom. The summed E-state index contributed by atoms with van der Waals surface area (Å²) in [5, 5.41) is 16.0. The van der Waals surface area contributed by atoms with Crippen molar-refractivity contribution < 1.29 is 28.0 Å². The fraction of sp³-hybridized carbons (Fsp3) is 0.476. The summed E-state index contributed by atoms with van der Waals surface area (Å²) in [4.78, 5) is 26.5. The maximum Gasteiger partial charge on any atom is 0.309 e. The summed E-state index contributed by atoms with van der Waals surface area (Å²) in [6.45, 7) is 1.98. The Bertz CT molecular complexity index is 944. The largest absolute Gasteiger partial charge is 0.481 e. The lowest BCUT2D eigenvalue weighted by atomic mass is 9.91. The van der Waals surface area contributed by atoms with E-state index in [9.17, 15) is 23.5 Å². The molecule has 1 aliphatic heterocycles. The van der Waals surface area contributed by atoms with Crippen LogP contribution in [0.15, 0.2) is 28.8 Å². The van der Waals surface area contributed by atoms with Crippen LogP contribution in [0.4, 0.5) is 8.78 Å². The highest BCUT2D eigenvalue weighted by atomic mass is 19.1. The second kappa shape index (κ2) is 8.51. The minimum Gasteiger partial charge on any atom is -0.481 e. The molecular weight excluding hydrogens is 396 g/mol. The van der Waals surface area contributed by atoms with E-state index in [1.54, 1.807) is 0 Å². The number of halogens is 2. The molecule has 2 heterocycles. The number of likely N-dealkylation sites (tertiary alicyclic amines) is 1. The number of nitrogens with zero attached hydrogens (tertiary/aromatic N) is 2. The third kappa shape index (κ3) is 4.67. The molecule has 1 aliphatic carbocycles. The molecule has 0 radical (unpaired) electrons. The molecule has 1 aromatic heterocycles. The zero-order chi connectivity index (χ0) is 21.3. The van der Waals surface area contributed by atoms with E-state index in [1.165, 1.54) is 25.0 Å². The normalized spacial score (nSPS) is 22.1. The van der Waals surface area contributed by atoms with Gasteiger partial charge in [0.05, 0.1) is 11.5 Å². The van der Waals surface area contributed by atoms with E-state index < -0.39 is 35.5 Å². The fourth-order valence-corrected chi connectivity index (χ4v) is 3.86. The average Bonchev–Trinajstić information content (AvgIpc) is 3.41. The number of amides is 1. The number of rotatable bonds is 7. The second-order valence-corrected chi connectivity index (χ2v) is 8.05. The number of hydrogen-bond donors (Lipinski definition) is 2. The first kappa shape index (κ1) is 20.5. The van der Waals surface area contributed by atoms with Crippen molar-refractivity contribution in [3.8, 4) is 11.3 Å². The molecule has 30 heavy (non-hydrogen) atoms. The first-order valence-corrected chi connectivity index (χ1v) is 10.1. The number of carboxylic acid groups (broad SMARTS) is 1. The molecule has 7 nitrogen and oxygen atoms in total. The van der Waals surface area contributed by atoms with Crippen molar-refractivity contribution in [3.63, 3.8) is 0 Å². The predicted octanol–water partition coefficient (Wildman–Crippen LogP) is 2.92. The lowest BCUT2D eigenvalue weighted by Crippen LogP contribution is -2.53. The van der Waals surface area contributed by atoms with Crippen molar-refractivity contribution in [1.29, 1.82) is 0 Å². The third-order valence-corrected chi connectivity index (χ3v) is 5.82. The number of hydrogen-bond acceptors (Lipinski definition) is 5. The van der Waals surface area contributed by atoms with Gasteiger partial charge in [-0.3, -0.25) is 9.59 Å². The van der Waals surface area contributed by atoms with E-state index >= 15 is 0 Å². The van der Waals surface area contributed by atoms with Crippen LogP contribution in [0.2, 0.25) is 0 Å². The van der Waals surface area contributed by atoms with Crippen LogP contribution in [0.5, 0.6) is 0 Å². The first-order chi connectivity index (χ1) is 14.4. The van der Waals surface area contributed by atoms with E-state index in [4.69, 9.17) is 4.52 Å². The molecule has 1 saturated heterocycles. The average molecular weight is 419 g/mol. The zero-order valence-corrected chi connectivity index (χ0v) is 16.3. The summed E-state index contributed by atoms with van der Waals surface area (Å²) in [5.41, 5.74) is -0.107. The first-order valence-electron chi connectivity index (χ1n) is 10.1. The van der Waals surface area contributed by atoms with Gasteiger partial charge in [0.15, 0.2) is 11.5 Å². The Kier molecular flexibility index (Phi) is 5.80. The molecule has 1 saturated carbocycles. The summed E-state index contributed by atoms with van der Waals surface area (Å²) in [6, 6.07) is 3.72. The molecule has 2 aliphatic rings. The van der Waals surface area contributed by atoms with Crippen molar-refractivity contribution >= 4 is 11.9 Å². The van der Waals surface area contributed by atoms with Crippen LogP contribution < -0.4 is 5.32 Å². The number of carbonyl (C=O) groups excluding carboxylic acids is 1. The van der Waals surface area contributed by atoms with Gasteiger partial charge in [-0.2, -0.15) is 0 Å². The standard InChI is InChI=1S/C21H23F2N3O4/c22-13-3-4-14(16(23)9-13)19-10-18(25-30-19)20(27)24-17-6-8-26(7-5-12-1-2-12)11-15(17)21(28)29/h3-4,9-10,12,15,17H,1-2,5-8,11H2,(H,24,27)(H,28,29). The third-order valence-electron chi connectivity index (χ3n) is 5.82. The Labute approximate surface area is 172 Å². The Morgan fingerprint density at radius 3 is 2.73 bits per heavy atom. The highest BCUT2D eigenvalue weighted by Crippen LogP contribution is 2.33. The number of aliphatic carboxylic acids is 1. The van der Waals surface area contributed by atoms with E-state index in [-0.39, 0.29) is 17.0 Å². The molecule has 2 fully saturated rings. The molecule has 1 amide bonds. The van der Waals surface area contributed by atoms with E-state index in [1.807, 2.05) is 0 Å². The van der Waals surface area contributed by atoms with Gasteiger partial charge in [-0.15, -0.1) is 0 Å². The molecule has 160 valence electrons. The zero-order valence-electron chi connectivity index (χ0n) is 16.3. The number of aromatic nitrogens is 1. The van der Waals surface area contributed by atoms with Gasteiger partial charge in [0.2, 0.25) is 0 Å². The smallest absolute Gasteiger partial charge is 0.309 e. The minimum atomic E-state index is -0.953. The van der Waals surface area contributed by atoms with Crippen LogP contribution in [-0.2, 0) is 4.79 Å². The van der Waals surface area contributed by atoms with Crippen molar-refractivity contribution in [2.75, 3.05) is 19.6 Å². The lowest BCUT2D eigenvalue weighted by molar-refractivity contribution is -0.144. The van der Waals surface area contributed by atoms with Crippen molar-refractivity contribution in [3.05, 3.63) is 41.6 Å². The molecule has 1 aromatic carbocycles. The number of nitrogens with one attached hydrogen (secondary N) is 1. The van der Waals surface area contributed by atoms with E-state index in [0.717, 1.165) is 24.9 Å². The number of benzene rings is 1. The van der Waals surface area contributed by atoms with E-state index in [2.05, 4.69) is 15.4 Å². The van der Waals surface area contributed by atoms with Crippen LogP contribution >= 0.6 is 0 Å². The molecule has 0 spiro atoms. The van der Waals surface area contributed by atoms with Gasteiger partial charge in [0, 0.05) is 31.3 Å². The molecule has 4 rings (SSSR count). The summed E-state index contributed by atoms with van der Waals surface area (Å²) in [7, 11) is 0. The summed E-state index contributed by atoms with van der Waals surface area (Å²) >= 11 is 0. The van der Waals surface area contributed by atoms with Crippen LogP contribution in [0.25, 0.3) is 11.3 Å². The van der Waals surface area contributed by atoms with Gasteiger partial charge in [-0.1, -0.05) is 18.0 Å². The maximum absolute atomic E-state index is 13.9. The van der Waals surface area contributed by atoms with Gasteiger partial charge >= 0.3 is 5.97 Å². The predicted molar refractivity (Wildman–Crippen MR) is 103 cm³/mol. The summed E-state index contributed by atoms with van der Waals surface area (Å²) in [5.74, 6) is -3.05. The molecule has 9 heteroatoms. The molecule has 2 aromatic rings. The topological polar surface area (TPSA) is 95.7 Å². The number of carboxylic acids is 1. The summed E-state index contributed by atoms with van der Waals surface area (Å²) in [6.07, 6.45) is 4.13. The molecule has 2 atom stereocenters. The van der Waals surface area contributed by atoms with Crippen LogP contribution in [0.1, 0.15) is 36.2 Å². The quantitative estimate of drug-likeness (QED) is 0.717. The van der Waals surface area contributed by atoms with Gasteiger partial charge in [0.1, 0.15) is 11.6 Å². The molecular formula is C21H23F2N3O4. The molecule has 0 bridgehead atoms. The molecule has 2 unspecified atom stereocenters. The summed E-state index contributed by atoms with van der Waals surface area (Å²) < 4.78 is 32.0. The monoisotopic (exact) mass is 419 g/mol. The Morgan fingerprint density at radius 2 is 2.03 bits per heavy atom. The van der Waals surface area contributed by atoms with Gasteiger partial charge in [0.25, 0.3) is 5.91 Å². The lowest BCUT2D eigenvalue weighted by Gasteiger charge is -2.36. The van der Waals surface area contributed by atoms with E-state index in [0.29, 0.717) is 25.6 Å². The highest BCUT2D eigenvalue weighted by molar-refractivity contribution is 5.93. The Balaban J connectivity index is 1.40. The number of piperidine rings is 1. The van der Waals surface area contributed by atoms with Gasteiger partial charge in [-0.25, -0.2) is 8.78 Å². The van der Waals surface area contributed by atoms with Gasteiger partial charge < -0.3 is 19.8 Å². The van der Waals surface area contributed by atoms with Crippen molar-refractivity contribution in [2.45, 2.75) is 31.7 Å². The van der Waals surface area contributed by atoms with Crippen LogP contribution in [-0.4, -0.2) is 52.7 Å².